The van der Waals surface area contributed by atoms with E-state index < -0.39 is 34.9 Å². The lowest BCUT2D eigenvalue weighted by Gasteiger charge is -2.28. The molecule has 0 fully saturated rings. The first-order valence-corrected chi connectivity index (χ1v) is 11.0. The summed E-state index contributed by atoms with van der Waals surface area (Å²) in [5, 5.41) is 13.4. The number of ether oxygens (including phenoxy) is 1. The molecule has 0 aliphatic heterocycles. The van der Waals surface area contributed by atoms with Gasteiger partial charge in [0.1, 0.15) is 22.3 Å². The number of ketones is 1. The zero-order valence-corrected chi connectivity index (χ0v) is 19.5. The lowest BCUT2D eigenvalue weighted by atomic mass is 10.1. The number of rotatable bonds is 8. The molecular weight excluding hydrogens is 450 g/mol. The maximum Gasteiger partial charge on any atom is 0.212 e. The van der Waals surface area contributed by atoms with E-state index in [2.05, 4.69) is 10.3 Å². The topological polar surface area (TPSA) is 101 Å². The average molecular weight is 477 g/mol. The molecule has 4 N–H and O–H groups in total. The molecule has 33 heavy (non-hydrogen) atoms. The summed E-state index contributed by atoms with van der Waals surface area (Å²) in [6, 6.07) is 10.5. The molecule has 0 radical (unpaired) electrons. The van der Waals surface area contributed by atoms with Gasteiger partial charge < -0.3 is 25.8 Å². The van der Waals surface area contributed by atoms with Crippen LogP contribution >= 0.6 is 11.3 Å². The Balaban J connectivity index is 1.69. The highest BCUT2D eigenvalue weighted by Crippen LogP contribution is 2.31. The molecule has 1 aromatic heterocycles. The van der Waals surface area contributed by atoms with Gasteiger partial charge in [-0.3, -0.25) is 4.79 Å². The maximum atomic E-state index is 14.0. The second kappa shape index (κ2) is 9.82. The molecule has 1 unspecified atom stereocenters. The molecule has 10 heteroatoms. The van der Waals surface area contributed by atoms with Crippen molar-refractivity contribution in [3.05, 3.63) is 64.5 Å². The number of anilines is 4. The van der Waals surface area contributed by atoms with E-state index >= 15 is 0 Å². The number of aliphatic hydroxyl groups is 1. The van der Waals surface area contributed by atoms with Crippen LogP contribution < -0.4 is 16.0 Å². The van der Waals surface area contributed by atoms with E-state index in [-0.39, 0.29) is 17.2 Å². The van der Waals surface area contributed by atoms with E-state index in [0.29, 0.717) is 10.8 Å². The standard InChI is InChI=1S/C23H26F2N4O3S/c1-23(2,3)32-17(30)12-29(4)14-10-8-13(9-11-14)27-22-28-21(26)20(33-22)19(31)18-15(24)6-5-7-16(18)25/h5-11,17,30H,12,26H2,1-4H3,(H,27,28). The van der Waals surface area contributed by atoms with Crippen LogP contribution in [0.4, 0.5) is 31.1 Å². The number of thiazole rings is 1. The number of nitrogens with one attached hydrogen (secondary N) is 1. The third-order valence-electron chi connectivity index (χ3n) is 4.53. The minimum atomic E-state index is -0.958. The maximum absolute atomic E-state index is 14.0. The van der Waals surface area contributed by atoms with Gasteiger partial charge in [-0.15, -0.1) is 0 Å². The van der Waals surface area contributed by atoms with E-state index in [1.54, 1.807) is 12.1 Å². The predicted molar refractivity (Wildman–Crippen MR) is 126 cm³/mol. The first-order valence-electron chi connectivity index (χ1n) is 10.1. The Morgan fingerprint density at radius 1 is 1.21 bits per heavy atom. The van der Waals surface area contributed by atoms with Gasteiger partial charge in [-0.05, 0) is 57.2 Å². The van der Waals surface area contributed by atoms with Crippen molar-refractivity contribution in [2.75, 3.05) is 29.5 Å². The predicted octanol–water partition coefficient (Wildman–Crippen LogP) is 4.55. The van der Waals surface area contributed by atoms with E-state index in [0.717, 1.165) is 29.2 Å². The lowest BCUT2D eigenvalue weighted by Crippen LogP contribution is -2.36. The van der Waals surface area contributed by atoms with E-state index in [1.807, 2.05) is 44.9 Å². The van der Waals surface area contributed by atoms with Gasteiger partial charge >= 0.3 is 0 Å². The van der Waals surface area contributed by atoms with E-state index in [9.17, 15) is 18.7 Å². The molecule has 7 nitrogen and oxygen atoms in total. The molecule has 176 valence electrons. The Kier molecular flexibility index (Phi) is 7.31. The largest absolute Gasteiger partial charge is 0.382 e. The minimum Gasteiger partial charge on any atom is -0.382 e. The number of carbonyl (C=O) groups is 1. The molecule has 2 aromatic carbocycles. The summed E-state index contributed by atoms with van der Waals surface area (Å²) in [5.74, 6) is -2.89. The smallest absolute Gasteiger partial charge is 0.212 e. The van der Waals surface area contributed by atoms with Crippen LogP contribution in [0.1, 0.15) is 36.0 Å². The Morgan fingerprint density at radius 3 is 2.39 bits per heavy atom. The summed E-state index contributed by atoms with van der Waals surface area (Å²) < 4.78 is 33.5. The first kappa shape index (κ1) is 24.6. The summed E-state index contributed by atoms with van der Waals surface area (Å²) in [7, 11) is 1.83. The number of aliphatic hydroxyl groups excluding tert-OH is 1. The molecule has 0 spiro atoms. The summed E-state index contributed by atoms with van der Waals surface area (Å²) in [6.45, 7) is 5.89. The Bertz CT molecular complexity index is 1110. The first-order chi connectivity index (χ1) is 15.4. The monoisotopic (exact) mass is 476 g/mol. The fraction of sp³-hybridized carbons (Fsp3) is 0.304. The van der Waals surface area contributed by atoms with Crippen molar-refractivity contribution in [3.8, 4) is 0 Å². The van der Waals surface area contributed by atoms with E-state index in [1.165, 1.54) is 6.07 Å². The van der Waals surface area contributed by atoms with Crippen LogP contribution in [0.3, 0.4) is 0 Å². The van der Waals surface area contributed by atoms with Gasteiger partial charge in [-0.25, -0.2) is 13.8 Å². The highest BCUT2D eigenvalue weighted by atomic mass is 32.1. The SMILES string of the molecule is CN(CC(O)OC(C)(C)C)c1ccc(Nc2nc(N)c(C(=O)c3c(F)cccc3F)s2)cc1. The molecular formula is C23H26F2N4O3S. The van der Waals surface area contributed by atoms with Crippen LogP contribution in [0.5, 0.6) is 0 Å². The molecule has 1 atom stereocenters. The second-order valence-electron chi connectivity index (χ2n) is 8.40. The van der Waals surface area contributed by atoms with Gasteiger partial charge in [0.15, 0.2) is 11.4 Å². The van der Waals surface area contributed by atoms with Crippen molar-refractivity contribution in [1.29, 1.82) is 0 Å². The third kappa shape index (κ3) is 6.25. The number of aromatic nitrogens is 1. The molecule has 0 aliphatic carbocycles. The average Bonchev–Trinajstić information content (AvgIpc) is 3.06. The normalized spacial score (nSPS) is 12.5. The molecule has 3 rings (SSSR count). The number of hydrogen-bond donors (Lipinski definition) is 3. The van der Waals surface area contributed by atoms with Crippen LogP contribution in [-0.2, 0) is 4.74 Å². The van der Waals surface area contributed by atoms with Crippen molar-refractivity contribution in [2.45, 2.75) is 32.7 Å². The molecule has 3 aromatic rings. The van der Waals surface area contributed by atoms with Crippen LogP contribution in [0.15, 0.2) is 42.5 Å². The highest BCUT2D eigenvalue weighted by Gasteiger charge is 2.24. The number of benzene rings is 2. The number of nitrogens with two attached hydrogens (primary N) is 1. The highest BCUT2D eigenvalue weighted by molar-refractivity contribution is 7.18. The number of halogens is 2. The Labute approximate surface area is 194 Å². The van der Waals surface area contributed by atoms with Gasteiger partial charge in [-0.2, -0.15) is 0 Å². The summed E-state index contributed by atoms with van der Waals surface area (Å²) in [6.07, 6.45) is -0.943. The number of hydrogen-bond acceptors (Lipinski definition) is 8. The Hall–Kier alpha value is -3.08. The van der Waals surface area contributed by atoms with Crippen LogP contribution in [0, 0.1) is 11.6 Å². The number of nitrogens with zero attached hydrogens (tertiary/aromatic N) is 2. The van der Waals surface area contributed by atoms with Gasteiger partial charge in [0, 0.05) is 18.4 Å². The number of likely N-dealkylation sites (N-methyl/N-ethyl adjacent to an activating group) is 1. The van der Waals surface area contributed by atoms with Gasteiger partial charge in [-0.1, -0.05) is 17.4 Å². The molecule has 1 heterocycles. The molecule has 0 aliphatic rings. The summed E-state index contributed by atoms with van der Waals surface area (Å²) in [5.41, 5.74) is 6.24. The van der Waals surface area contributed by atoms with Crippen LogP contribution in [0.2, 0.25) is 0 Å². The fourth-order valence-electron chi connectivity index (χ4n) is 3.08. The molecule has 0 saturated heterocycles. The van der Waals surface area contributed by atoms with Crippen molar-refractivity contribution in [1.82, 2.24) is 4.98 Å². The lowest BCUT2D eigenvalue weighted by molar-refractivity contribution is -0.159. The third-order valence-corrected chi connectivity index (χ3v) is 5.51. The zero-order chi connectivity index (χ0) is 24.3. The summed E-state index contributed by atoms with van der Waals surface area (Å²) >= 11 is 0.909. The molecule has 0 bridgehead atoms. The van der Waals surface area contributed by atoms with Crippen LogP contribution in [0.25, 0.3) is 0 Å². The van der Waals surface area contributed by atoms with Gasteiger partial charge in [0.25, 0.3) is 0 Å². The minimum absolute atomic E-state index is 0.0503. The summed E-state index contributed by atoms with van der Waals surface area (Å²) in [4.78, 5) is 18.5. The molecule has 0 saturated carbocycles. The second-order valence-corrected chi connectivity index (χ2v) is 9.40. The fourth-order valence-corrected chi connectivity index (χ4v) is 3.94. The van der Waals surface area contributed by atoms with Crippen LogP contribution in [-0.4, -0.2) is 41.4 Å². The number of carbonyl (C=O) groups excluding carboxylic acids is 1. The van der Waals surface area contributed by atoms with Crippen molar-refractivity contribution < 1.29 is 23.4 Å². The van der Waals surface area contributed by atoms with Gasteiger partial charge in [0.2, 0.25) is 5.78 Å². The molecule has 0 amide bonds. The van der Waals surface area contributed by atoms with Crippen molar-refractivity contribution in [2.24, 2.45) is 0 Å². The number of nitrogen functional groups attached to an aromatic ring is 1. The quantitative estimate of drug-likeness (QED) is 0.324. The van der Waals surface area contributed by atoms with Crippen molar-refractivity contribution in [3.63, 3.8) is 0 Å². The zero-order valence-electron chi connectivity index (χ0n) is 18.7. The van der Waals surface area contributed by atoms with Gasteiger partial charge in [0.05, 0.1) is 17.7 Å². The Morgan fingerprint density at radius 2 is 1.82 bits per heavy atom. The van der Waals surface area contributed by atoms with Crippen molar-refractivity contribution >= 4 is 39.4 Å². The van der Waals surface area contributed by atoms with E-state index in [4.69, 9.17) is 10.5 Å².